The lowest BCUT2D eigenvalue weighted by atomic mass is 10.3. The maximum absolute atomic E-state index is 11.0. The molecule has 0 aromatic heterocycles. The third-order valence-corrected chi connectivity index (χ3v) is 3.12. The molecule has 0 fully saturated rings. The van der Waals surface area contributed by atoms with Crippen molar-refractivity contribution in [2.45, 2.75) is 19.9 Å². The molecular weight excluding hydrogens is 210 g/mol. The van der Waals surface area contributed by atoms with Gasteiger partial charge in [-0.2, -0.15) is 0 Å². The monoisotopic (exact) mass is 223 g/mol. The maximum atomic E-state index is 11.0. The molecule has 7 heteroatoms. The van der Waals surface area contributed by atoms with E-state index in [2.05, 4.69) is 5.32 Å². The average Bonchev–Trinajstić information content (AvgIpc) is 2.02. The number of hydrogen-bond acceptors (Lipinski definition) is 4. The first-order valence-corrected chi connectivity index (χ1v) is 5.83. The standard InChI is InChI=1S/C7H13NO5S/c1-3-14(12,13)4-6(9)8-5(2)7(10)11/h5H,3-4H2,1-2H3,(H,8,9)(H,10,11)/t5-/m0/s1. The van der Waals surface area contributed by atoms with E-state index in [9.17, 15) is 18.0 Å². The van der Waals surface area contributed by atoms with Crippen molar-refractivity contribution in [2.24, 2.45) is 0 Å². The zero-order chi connectivity index (χ0) is 11.4. The van der Waals surface area contributed by atoms with Crippen LogP contribution in [0.15, 0.2) is 0 Å². The molecule has 0 saturated heterocycles. The highest BCUT2D eigenvalue weighted by molar-refractivity contribution is 7.92. The van der Waals surface area contributed by atoms with Crippen LogP contribution in [0.4, 0.5) is 0 Å². The molecule has 0 aliphatic heterocycles. The SMILES string of the molecule is CCS(=O)(=O)CC(=O)N[C@@H](C)C(=O)O. The van der Waals surface area contributed by atoms with Gasteiger partial charge in [0, 0.05) is 5.75 Å². The Hall–Kier alpha value is -1.11. The van der Waals surface area contributed by atoms with Gasteiger partial charge in [0.2, 0.25) is 5.91 Å². The number of rotatable bonds is 5. The van der Waals surface area contributed by atoms with Crippen LogP contribution < -0.4 is 5.32 Å². The fraction of sp³-hybridized carbons (Fsp3) is 0.714. The van der Waals surface area contributed by atoms with Gasteiger partial charge in [-0.3, -0.25) is 9.59 Å². The summed E-state index contributed by atoms with van der Waals surface area (Å²) in [6.45, 7) is 2.68. The molecule has 0 spiro atoms. The number of hydrogen-bond donors (Lipinski definition) is 2. The average molecular weight is 223 g/mol. The summed E-state index contributed by atoms with van der Waals surface area (Å²) in [6.07, 6.45) is 0. The lowest BCUT2D eigenvalue weighted by molar-refractivity contribution is -0.140. The number of carboxylic acid groups (broad SMARTS) is 1. The maximum Gasteiger partial charge on any atom is 0.325 e. The third kappa shape index (κ3) is 4.80. The number of sulfone groups is 1. The summed E-state index contributed by atoms with van der Waals surface area (Å²) in [4.78, 5) is 21.3. The number of amides is 1. The van der Waals surface area contributed by atoms with E-state index in [1.165, 1.54) is 13.8 Å². The van der Waals surface area contributed by atoms with Crippen molar-refractivity contribution in [3.8, 4) is 0 Å². The van der Waals surface area contributed by atoms with Crippen molar-refractivity contribution in [3.63, 3.8) is 0 Å². The minimum Gasteiger partial charge on any atom is -0.480 e. The van der Waals surface area contributed by atoms with Gasteiger partial charge in [0.05, 0.1) is 0 Å². The molecule has 0 heterocycles. The Morgan fingerprint density at radius 2 is 1.93 bits per heavy atom. The first kappa shape index (κ1) is 12.9. The van der Waals surface area contributed by atoms with Crippen molar-refractivity contribution >= 4 is 21.7 Å². The molecule has 0 saturated carbocycles. The smallest absolute Gasteiger partial charge is 0.325 e. The molecule has 1 amide bonds. The van der Waals surface area contributed by atoms with Crippen molar-refractivity contribution < 1.29 is 23.1 Å². The topological polar surface area (TPSA) is 101 Å². The third-order valence-electron chi connectivity index (χ3n) is 1.54. The molecule has 14 heavy (non-hydrogen) atoms. The van der Waals surface area contributed by atoms with Gasteiger partial charge >= 0.3 is 5.97 Å². The minimum absolute atomic E-state index is 0.137. The molecule has 6 nitrogen and oxygen atoms in total. The van der Waals surface area contributed by atoms with Gasteiger partial charge in [-0.05, 0) is 6.92 Å². The van der Waals surface area contributed by atoms with Gasteiger partial charge in [-0.15, -0.1) is 0 Å². The van der Waals surface area contributed by atoms with Crippen LogP contribution in [0.25, 0.3) is 0 Å². The second-order valence-electron chi connectivity index (χ2n) is 2.80. The normalized spacial score (nSPS) is 13.3. The van der Waals surface area contributed by atoms with E-state index < -0.39 is 33.5 Å². The first-order valence-electron chi connectivity index (χ1n) is 4.01. The van der Waals surface area contributed by atoms with Gasteiger partial charge < -0.3 is 10.4 Å². The molecule has 2 N–H and O–H groups in total. The molecule has 82 valence electrons. The zero-order valence-corrected chi connectivity index (χ0v) is 8.80. The number of carboxylic acids is 1. The first-order chi connectivity index (χ1) is 6.28. The summed E-state index contributed by atoms with van der Waals surface area (Å²) >= 11 is 0. The molecule has 0 aromatic carbocycles. The van der Waals surface area contributed by atoms with Crippen LogP contribution in [0, 0.1) is 0 Å². The highest BCUT2D eigenvalue weighted by atomic mass is 32.2. The Morgan fingerprint density at radius 3 is 2.29 bits per heavy atom. The molecule has 0 aromatic rings. The molecule has 1 atom stereocenters. The zero-order valence-electron chi connectivity index (χ0n) is 7.98. The Kier molecular flexibility index (Phi) is 4.55. The highest BCUT2D eigenvalue weighted by Gasteiger charge is 2.18. The Morgan fingerprint density at radius 1 is 1.43 bits per heavy atom. The minimum atomic E-state index is -3.40. The molecule has 0 unspecified atom stereocenters. The lowest BCUT2D eigenvalue weighted by Crippen LogP contribution is -2.41. The van der Waals surface area contributed by atoms with Crippen LogP contribution in [-0.4, -0.2) is 42.9 Å². The van der Waals surface area contributed by atoms with Crippen LogP contribution >= 0.6 is 0 Å². The van der Waals surface area contributed by atoms with Crippen LogP contribution in [0.3, 0.4) is 0 Å². The van der Waals surface area contributed by atoms with Crippen LogP contribution in [0.2, 0.25) is 0 Å². The Bertz CT molecular complexity index is 321. The number of carbonyl (C=O) groups is 2. The Labute approximate surface area is 82.2 Å². The van der Waals surface area contributed by atoms with Crippen molar-refractivity contribution in [2.75, 3.05) is 11.5 Å². The second-order valence-corrected chi connectivity index (χ2v) is 5.16. The summed E-state index contributed by atoms with van der Waals surface area (Å²) in [5.41, 5.74) is 0. The van der Waals surface area contributed by atoms with E-state index in [1.54, 1.807) is 0 Å². The summed E-state index contributed by atoms with van der Waals surface area (Å²) in [7, 11) is -3.40. The van der Waals surface area contributed by atoms with E-state index >= 15 is 0 Å². The van der Waals surface area contributed by atoms with Gasteiger partial charge in [-0.25, -0.2) is 8.42 Å². The van der Waals surface area contributed by atoms with E-state index in [0.717, 1.165) is 0 Å². The van der Waals surface area contributed by atoms with E-state index in [4.69, 9.17) is 5.11 Å². The van der Waals surface area contributed by atoms with Crippen molar-refractivity contribution in [1.82, 2.24) is 5.32 Å². The Balaban J connectivity index is 4.19. The van der Waals surface area contributed by atoms with Gasteiger partial charge in [0.1, 0.15) is 11.8 Å². The molecule has 0 aliphatic rings. The summed E-state index contributed by atoms with van der Waals surface area (Å²) in [5, 5.41) is 10.5. The molecule has 0 rings (SSSR count). The second kappa shape index (κ2) is 4.94. The van der Waals surface area contributed by atoms with Crippen LogP contribution in [0.5, 0.6) is 0 Å². The predicted molar refractivity (Wildman–Crippen MR) is 49.6 cm³/mol. The van der Waals surface area contributed by atoms with Crippen molar-refractivity contribution in [3.05, 3.63) is 0 Å². The van der Waals surface area contributed by atoms with Crippen LogP contribution in [0.1, 0.15) is 13.8 Å². The number of carbonyl (C=O) groups excluding carboxylic acids is 1. The quantitative estimate of drug-likeness (QED) is 0.623. The largest absolute Gasteiger partial charge is 0.480 e. The van der Waals surface area contributed by atoms with Crippen molar-refractivity contribution in [1.29, 1.82) is 0 Å². The number of nitrogens with one attached hydrogen (secondary N) is 1. The summed E-state index contributed by atoms with van der Waals surface area (Å²) in [5.74, 6) is -2.79. The van der Waals surface area contributed by atoms with E-state index in [0.29, 0.717) is 0 Å². The van der Waals surface area contributed by atoms with Gasteiger partial charge in [0.15, 0.2) is 9.84 Å². The predicted octanol–water partition coefficient (Wildman–Crippen LogP) is -0.990. The molecule has 0 radical (unpaired) electrons. The molecule has 0 bridgehead atoms. The molecular formula is C7H13NO5S. The summed E-state index contributed by atoms with van der Waals surface area (Å²) in [6, 6.07) is -1.07. The molecule has 0 aliphatic carbocycles. The van der Waals surface area contributed by atoms with E-state index in [-0.39, 0.29) is 5.75 Å². The highest BCUT2D eigenvalue weighted by Crippen LogP contribution is 1.90. The lowest BCUT2D eigenvalue weighted by Gasteiger charge is -2.08. The van der Waals surface area contributed by atoms with Gasteiger partial charge in [-0.1, -0.05) is 6.92 Å². The van der Waals surface area contributed by atoms with Crippen LogP contribution in [-0.2, 0) is 19.4 Å². The van der Waals surface area contributed by atoms with Gasteiger partial charge in [0.25, 0.3) is 0 Å². The fourth-order valence-electron chi connectivity index (χ4n) is 0.647. The summed E-state index contributed by atoms with van der Waals surface area (Å²) < 4.78 is 21.9. The van der Waals surface area contributed by atoms with E-state index in [1.807, 2.05) is 0 Å². The fourth-order valence-corrected chi connectivity index (χ4v) is 1.33. The number of aliphatic carboxylic acids is 1.